The van der Waals surface area contributed by atoms with Crippen LogP contribution in [0.4, 0.5) is 5.69 Å². The van der Waals surface area contributed by atoms with E-state index in [1.165, 1.54) is 6.07 Å². The van der Waals surface area contributed by atoms with Gasteiger partial charge < -0.3 is 9.67 Å². The van der Waals surface area contributed by atoms with Gasteiger partial charge in [-0.2, -0.15) is 0 Å². The maximum absolute atomic E-state index is 11.0. The third-order valence-electron chi connectivity index (χ3n) is 3.10. The Morgan fingerprint density at radius 1 is 1.45 bits per heavy atom. The molecule has 0 saturated heterocycles. The van der Waals surface area contributed by atoms with Crippen molar-refractivity contribution in [2.45, 2.75) is 25.5 Å². The quantitative estimate of drug-likeness (QED) is 0.493. The number of thioether (sulfide) groups is 1. The van der Waals surface area contributed by atoms with Crippen molar-refractivity contribution in [1.82, 2.24) is 14.8 Å². The first-order chi connectivity index (χ1) is 10.5. The second-order valence-electron chi connectivity index (χ2n) is 4.44. The normalized spacial score (nSPS) is 10.6. The predicted molar refractivity (Wildman–Crippen MR) is 80.9 cm³/mol. The number of carboxylic acids is 1. The van der Waals surface area contributed by atoms with Crippen LogP contribution in [-0.2, 0) is 11.3 Å². The summed E-state index contributed by atoms with van der Waals surface area (Å²) < 4.78 is 1.75. The summed E-state index contributed by atoms with van der Waals surface area (Å²) in [4.78, 5) is 21.3. The number of rotatable bonds is 6. The minimum Gasteiger partial charge on any atom is -0.481 e. The van der Waals surface area contributed by atoms with Crippen molar-refractivity contribution < 1.29 is 14.8 Å². The van der Waals surface area contributed by atoms with Gasteiger partial charge in [0.05, 0.1) is 10.7 Å². The van der Waals surface area contributed by atoms with Crippen LogP contribution >= 0.6 is 11.8 Å². The number of aromatic nitrogens is 3. The number of hydrogen-bond acceptors (Lipinski definition) is 6. The Hall–Kier alpha value is -2.42. The zero-order valence-corrected chi connectivity index (χ0v) is 12.8. The minimum atomic E-state index is -0.941. The zero-order chi connectivity index (χ0) is 16.3. The van der Waals surface area contributed by atoms with Crippen molar-refractivity contribution in [1.29, 1.82) is 0 Å². The molecule has 1 N–H and O–H groups in total. The topological polar surface area (TPSA) is 111 Å². The number of aliphatic carboxylic acids is 1. The number of carbonyl (C=O) groups is 1. The van der Waals surface area contributed by atoms with E-state index in [-0.39, 0.29) is 11.4 Å². The van der Waals surface area contributed by atoms with Crippen molar-refractivity contribution in [3.63, 3.8) is 0 Å². The van der Waals surface area contributed by atoms with Gasteiger partial charge in [-0.3, -0.25) is 14.9 Å². The fourth-order valence-electron chi connectivity index (χ4n) is 2.07. The van der Waals surface area contributed by atoms with E-state index in [0.717, 1.165) is 11.8 Å². The van der Waals surface area contributed by atoms with Crippen molar-refractivity contribution in [3.8, 4) is 11.4 Å². The van der Waals surface area contributed by atoms with Crippen LogP contribution in [0, 0.1) is 17.0 Å². The lowest BCUT2D eigenvalue weighted by Gasteiger charge is -2.09. The third-order valence-corrected chi connectivity index (χ3v) is 4.05. The molecule has 0 spiro atoms. The van der Waals surface area contributed by atoms with Crippen LogP contribution in [0.25, 0.3) is 11.4 Å². The van der Waals surface area contributed by atoms with Crippen LogP contribution in [0.15, 0.2) is 23.4 Å². The van der Waals surface area contributed by atoms with Gasteiger partial charge in [-0.15, -0.1) is 10.2 Å². The van der Waals surface area contributed by atoms with Gasteiger partial charge >= 0.3 is 5.97 Å². The third kappa shape index (κ3) is 3.08. The van der Waals surface area contributed by atoms with Gasteiger partial charge in [0.2, 0.25) is 0 Å². The van der Waals surface area contributed by atoms with Crippen molar-refractivity contribution >= 4 is 23.4 Å². The summed E-state index contributed by atoms with van der Waals surface area (Å²) in [5.41, 5.74) is 1.14. The summed E-state index contributed by atoms with van der Waals surface area (Å²) in [6.07, 6.45) is 0. The molecule has 2 rings (SSSR count). The fraction of sp³-hybridized carbons (Fsp3) is 0.308. The van der Waals surface area contributed by atoms with E-state index in [4.69, 9.17) is 5.11 Å². The summed E-state index contributed by atoms with van der Waals surface area (Å²) in [6, 6.07) is 4.77. The minimum absolute atomic E-state index is 0.0166. The van der Waals surface area contributed by atoms with E-state index in [1.807, 2.05) is 6.92 Å². The highest BCUT2D eigenvalue weighted by molar-refractivity contribution is 7.99. The van der Waals surface area contributed by atoms with Gasteiger partial charge in [-0.05, 0) is 13.8 Å². The molecule has 0 saturated carbocycles. The average molecular weight is 322 g/mol. The second-order valence-corrected chi connectivity index (χ2v) is 5.38. The first-order valence-corrected chi connectivity index (χ1v) is 7.46. The van der Waals surface area contributed by atoms with E-state index in [9.17, 15) is 14.9 Å². The summed E-state index contributed by atoms with van der Waals surface area (Å²) >= 11 is 1.07. The Labute approximate surface area is 130 Å². The molecule has 1 aromatic heterocycles. The van der Waals surface area contributed by atoms with E-state index >= 15 is 0 Å². The van der Waals surface area contributed by atoms with E-state index in [1.54, 1.807) is 23.6 Å². The molecule has 22 heavy (non-hydrogen) atoms. The monoisotopic (exact) mass is 322 g/mol. The molecule has 0 unspecified atom stereocenters. The molecule has 8 nitrogen and oxygen atoms in total. The lowest BCUT2D eigenvalue weighted by atomic mass is 10.1. The smallest absolute Gasteiger partial charge is 0.313 e. The number of nitro benzene ring substituents is 1. The van der Waals surface area contributed by atoms with Gasteiger partial charge in [0, 0.05) is 23.7 Å². The Morgan fingerprint density at radius 2 is 2.18 bits per heavy atom. The highest BCUT2D eigenvalue weighted by atomic mass is 32.2. The predicted octanol–water partition coefficient (Wildman–Crippen LogP) is 2.36. The van der Waals surface area contributed by atoms with Gasteiger partial charge in [0.1, 0.15) is 0 Å². The highest BCUT2D eigenvalue weighted by Gasteiger charge is 2.20. The molecule has 0 aliphatic heterocycles. The molecule has 0 aliphatic rings. The number of carboxylic acid groups (broad SMARTS) is 1. The van der Waals surface area contributed by atoms with Crippen molar-refractivity contribution in [2.75, 3.05) is 5.75 Å². The molecule has 9 heteroatoms. The Morgan fingerprint density at radius 3 is 2.77 bits per heavy atom. The maximum Gasteiger partial charge on any atom is 0.313 e. The Balaban J connectivity index is 2.47. The van der Waals surface area contributed by atoms with Gasteiger partial charge in [0.15, 0.2) is 11.0 Å². The summed E-state index contributed by atoms with van der Waals surface area (Å²) in [5, 5.41) is 28.3. The maximum atomic E-state index is 11.0. The average Bonchev–Trinajstić information content (AvgIpc) is 2.87. The molecule has 1 heterocycles. The van der Waals surface area contributed by atoms with Crippen LogP contribution in [0.5, 0.6) is 0 Å². The molecule has 0 amide bonds. The molecule has 0 bridgehead atoms. The second kappa shape index (κ2) is 6.56. The van der Waals surface area contributed by atoms with Crippen LogP contribution < -0.4 is 0 Å². The molecule has 116 valence electrons. The molecule has 0 aliphatic carbocycles. The van der Waals surface area contributed by atoms with Gasteiger partial charge in [-0.1, -0.05) is 23.9 Å². The summed E-state index contributed by atoms with van der Waals surface area (Å²) in [5.74, 6) is -0.563. The van der Waals surface area contributed by atoms with E-state index < -0.39 is 10.9 Å². The molecule has 2 aromatic rings. The number of hydrogen-bond donors (Lipinski definition) is 1. The summed E-state index contributed by atoms with van der Waals surface area (Å²) in [6.45, 7) is 4.07. The van der Waals surface area contributed by atoms with Crippen LogP contribution in [0.1, 0.15) is 12.5 Å². The number of benzene rings is 1. The van der Waals surface area contributed by atoms with Crippen molar-refractivity contribution in [3.05, 3.63) is 33.9 Å². The van der Waals surface area contributed by atoms with E-state index in [2.05, 4.69) is 10.2 Å². The van der Waals surface area contributed by atoms with Crippen LogP contribution in [-0.4, -0.2) is 36.5 Å². The summed E-state index contributed by atoms with van der Waals surface area (Å²) in [7, 11) is 0. The largest absolute Gasteiger partial charge is 0.481 e. The zero-order valence-electron chi connectivity index (χ0n) is 12.0. The molecular weight excluding hydrogens is 308 g/mol. The van der Waals surface area contributed by atoms with Crippen LogP contribution in [0.2, 0.25) is 0 Å². The molecule has 0 atom stereocenters. The molecule has 0 radical (unpaired) electrons. The first kappa shape index (κ1) is 16.0. The van der Waals surface area contributed by atoms with Crippen LogP contribution in [0.3, 0.4) is 0 Å². The van der Waals surface area contributed by atoms with Gasteiger partial charge in [-0.25, -0.2) is 0 Å². The SMILES string of the molecule is CCn1c(SCC(=O)O)nnc1-c1cccc([N+](=O)[O-])c1C. The Kier molecular flexibility index (Phi) is 4.76. The molecule has 1 aromatic carbocycles. The number of nitrogens with zero attached hydrogens (tertiary/aromatic N) is 4. The molecular formula is C13H14N4O4S. The standard InChI is InChI=1S/C13H14N4O4S/c1-3-16-12(14-15-13(16)22-7-11(18)19)9-5-4-6-10(8(9)2)17(20)21/h4-6H,3,7H2,1-2H3,(H,18,19). The first-order valence-electron chi connectivity index (χ1n) is 6.47. The Bertz CT molecular complexity index is 729. The van der Waals surface area contributed by atoms with E-state index in [0.29, 0.717) is 28.7 Å². The highest BCUT2D eigenvalue weighted by Crippen LogP contribution is 2.30. The molecule has 0 fully saturated rings. The number of nitro groups is 1. The lowest BCUT2D eigenvalue weighted by Crippen LogP contribution is -2.04. The van der Waals surface area contributed by atoms with Gasteiger partial charge in [0.25, 0.3) is 5.69 Å². The lowest BCUT2D eigenvalue weighted by molar-refractivity contribution is -0.385. The van der Waals surface area contributed by atoms with Crippen molar-refractivity contribution in [2.24, 2.45) is 0 Å². The fourth-order valence-corrected chi connectivity index (χ4v) is 2.79.